The van der Waals surface area contributed by atoms with Gasteiger partial charge in [0.05, 0.1) is 6.61 Å². The monoisotopic (exact) mass is 360 g/mol. The third-order valence-electron chi connectivity index (χ3n) is 3.28. The molecule has 0 aliphatic rings. The Bertz CT molecular complexity index is 656. The molecule has 0 aliphatic heterocycles. The predicted octanol–water partition coefficient (Wildman–Crippen LogP) is 5.62. The lowest BCUT2D eigenvalue weighted by Crippen LogP contribution is -2.11. The van der Waals surface area contributed by atoms with Gasteiger partial charge in [-0.2, -0.15) is 0 Å². The second-order valence-electron chi connectivity index (χ2n) is 6.22. The van der Waals surface area contributed by atoms with Gasteiger partial charge in [-0.05, 0) is 42.3 Å². The van der Waals surface area contributed by atoms with E-state index in [-0.39, 0.29) is 10.5 Å². The van der Waals surface area contributed by atoms with Crippen LogP contribution in [-0.4, -0.2) is 21.8 Å². The van der Waals surface area contributed by atoms with E-state index < -0.39 is 0 Å². The average Bonchev–Trinajstić information content (AvgIpc) is 2.56. The summed E-state index contributed by atoms with van der Waals surface area (Å²) in [4.78, 5) is 0. The van der Waals surface area contributed by atoms with Crippen LogP contribution in [0, 0.1) is 0 Å². The third kappa shape index (κ3) is 6.77. The van der Waals surface area contributed by atoms with Crippen LogP contribution in [0.1, 0.15) is 44.4 Å². The number of benzene rings is 2. The minimum absolute atomic E-state index is 0.0457. The van der Waals surface area contributed by atoms with Crippen molar-refractivity contribution in [2.24, 2.45) is 0 Å². The Kier molecular flexibility index (Phi) is 8.02. The first kappa shape index (κ1) is 20.3. The minimum atomic E-state index is -0.0457. The van der Waals surface area contributed by atoms with E-state index in [1.54, 1.807) is 12.1 Å². The molecular formula is C20H24O2S2. The number of hydrogen-bond donors (Lipinski definition) is 1. The lowest BCUT2D eigenvalue weighted by Gasteiger charge is -2.19. The lowest BCUT2D eigenvalue weighted by molar-refractivity contribution is 0.337. The summed E-state index contributed by atoms with van der Waals surface area (Å²) < 4.78 is 5.28. The Morgan fingerprint density at radius 3 is 1.83 bits per heavy atom. The first-order chi connectivity index (χ1) is 11.3. The third-order valence-corrected chi connectivity index (χ3v) is 3.87. The maximum Gasteiger partial charge on any atom is 0.191 e. The minimum Gasteiger partial charge on any atom is -0.499 e. The van der Waals surface area contributed by atoms with Crippen molar-refractivity contribution in [2.75, 3.05) is 6.61 Å². The Hall–Kier alpha value is -1.78. The summed E-state index contributed by atoms with van der Waals surface area (Å²) in [7, 11) is 0. The highest BCUT2D eigenvalue weighted by Gasteiger charge is 2.13. The highest BCUT2D eigenvalue weighted by Crippen LogP contribution is 2.22. The van der Waals surface area contributed by atoms with Crippen LogP contribution < -0.4 is 0 Å². The molecule has 0 unspecified atom stereocenters. The maximum absolute atomic E-state index is 8.76. The van der Waals surface area contributed by atoms with Gasteiger partial charge in [-0.15, -0.1) is 0 Å². The zero-order valence-corrected chi connectivity index (χ0v) is 16.2. The molecule has 0 radical (unpaired) electrons. The molecule has 0 saturated heterocycles. The van der Waals surface area contributed by atoms with E-state index >= 15 is 0 Å². The molecule has 1 N–H and O–H groups in total. The summed E-state index contributed by atoms with van der Waals surface area (Å²) in [6.07, 6.45) is 0. The first-order valence-corrected chi connectivity index (χ1v) is 8.63. The smallest absolute Gasteiger partial charge is 0.191 e. The van der Waals surface area contributed by atoms with E-state index in [4.69, 9.17) is 22.1 Å². The lowest BCUT2D eigenvalue weighted by atomic mass is 9.87. The van der Waals surface area contributed by atoms with E-state index in [2.05, 4.69) is 45.1 Å². The van der Waals surface area contributed by atoms with Gasteiger partial charge < -0.3 is 9.84 Å². The fourth-order valence-corrected chi connectivity index (χ4v) is 2.29. The summed E-state index contributed by atoms with van der Waals surface area (Å²) >= 11 is 9.65. The molecule has 0 fully saturated rings. The summed E-state index contributed by atoms with van der Waals surface area (Å²) in [5.41, 5.74) is 3.18. The van der Waals surface area contributed by atoms with Gasteiger partial charge >= 0.3 is 0 Å². The van der Waals surface area contributed by atoms with Crippen molar-refractivity contribution in [3.05, 3.63) is 71.3 Å². The highest BCUT2D eigenvalue weighted by molar-refractivity contribution is 7.80. The van der Waals surface area contributed by atoms with E-state index in [0.29, 0.717) is 17.2 Å². The van der Waals surface area contributed by atoms with Crippen molar-refractivity contribution in [1.82, 2.24) is 0 Å². The quantitative estimate of drug-likeness (QED) is 0.720. The first-order valence-electron chi connectivity index (χ1n) is 7.81. The van der Waals surface area contributed by atoms with E-state index in [1.807, 2.05) is 37.3 Å². The van der Waals surface area contributed by atoms with Gasteiger partial charge in [-0.3, -0.25) is 0 Å². The Labute approximate surface area is 155 Å². The van der Waals surface area contributed by atoms with E-state index in [1.165, 1.54) is 5.56 Å². The molecule has 24 heavy (non-hydrogen) atoms. The number of rotatable bonds is 3. The zero-order chi connectivity index (χ0) is 18.2. The number of hydrogen-bond acceptors (Lipinski definition) is 3. The molecule has 2 aromatic rings. The zero-order valence-electron chi connectivity index (χ0n) is 14.6. The van der Waals surface area contributed by atoms with Crippen LogP contribution in [0.15, 0.2) is 54.6 Å². The van der Waals surface area contributed by atoms with Gasteiger partial charge in [0.25, 0.3) is 0 Å². The van der Waals surface area contributed by atoms with Crippen LogP contribution in [0.5, 0.6) is 0 Å². The second-order valence-corrected chi connectivity index (χ2v) is 6.98. The number of ether oxygens (including phenoxy) is 1. The van der Waals surface area contributed by atoms with Gasteiger partial charge in [0.2, 0.25) is 0 Å². The molecule has 0 spiro atoms. The predicted molar refractivity (Wildman–Crippen MR) is 109 cm³/mol. The fourth-order valence-electron chi connectivity index (χ4n) is 1.90. The topological polar surface area (TPSA) is 29.5 Å². The normalized spacial score (nSPS) is 10.3. The average molecular weight is 361 g/mol. The molecule has 128 valence electrons. The number of aliphatic hydroxyl groups excluding tert-OH is 1. The van der Waals surface area contributed by atoms with Crippen molar-refractivity contribution < 1.29 is 9.84 Å². The molecule has 2 rings (SSSR count). The van der Waals surface area contributed by atoms with Gasteiger partial charge in [-0.1, -0.05) is 75.4 Å². The van der Waals surface area contributed by atoms with Gasteiger partial charge in [0.1, 0.15) is 0 Å². The van der Waals surface area contributed by atoms with Crippen LogP contribution in [0.2, 0.25) is 0 Å². The molecule has 0 atom stereocenters. The molecule has 2 nitrogen and oxygen atoms in total. The van der Waals surface area contributed by atoms with Crippen LogP contribution in [-0.2, 0) is 10.2 Å². The van der Waals surface area contributed by atoms with Crippen molar-refractivity contribution in [1.29, 1.82) is 0 Å². The van der Waals surface area contributed by atoms with Gasteiger partial charge in [0.15, 0.2) is 10.1 Å². The summed E-state index contributed by atoms with van der Waals surface area (Å²) in [5, 5.41) is 9.29. The summed E-state index contributed by atoms with van der Waals surface area (Å²) in [6.45, 7) is 9.16. The standard InChI is InChI=1S/C13H18OS.C7H6OS/c1-5-14-12(15)10-6-8-11(9-7-10)13(2,3)4;8-7(9)6-4-2-1-3-5-6/h6-9H,5H2,1-4H3;1-5H,(H,8,9). The van der Waals surface area contributed by atoms with Crippen molar-refractivity contribution >= 4 is 34.5 Å². The molecule has 2 aromatic carbocycles. The molecule has 0 bridgehead atoms. The summed E-state index contributed by atoms with van der Waals surface area (Å²) in [5.74, 6) is 0. The molecule has 0 amide bonds. The largest absolute Gasteiger partial charge is 0.499 e. The Balaban J connectivity index is 0.000000272. The summed E-state index contributed by atoms with van der Waals surface area (Å²) in [6, 6.07) is 17.3. The van der Waals surface area contributed by atoms with E-state index in [0.717, 1.165) is 5.56 Å². The van der Waals surface area contributed by atoms with Crippen molar-refractivity contribution in [2.45, 2.75) is 33.1 Å². The molecule has 0 saturated carbocycles. The SMILES string of the molecule is CCOC(=S)c1ccc(C(C)(C)C)cc1.OC(=S)c1ccccc1. The second kappa shape index (κ2) is 9.50. The van der Waals surface area contributed by atoms with Crippen LogP contribution in [0.3, 0.4) is 0 Å². The molecule has 4 heteroatoms. The molecule has 0 heterocycles. The van der Waals surface area contributed by atoms with E-state index in [9.17, 15) is 0 Å². The van der Waals surface area contributed by atoms with Crippen LogP contribution in [0.4, 0.5) is 0 Å². The molecular weight excluding hydrogens is 336 g/mol. The van der Waals surface area contributed by atoms with Crippen LogP contribution >= 0.6 is 24.4 Å². The number of aliphatic hydroxyl groups is 1. The molecule has 0 aliphatic carbocycles. The fraction of sp³-hybridized carbons (Fsp3) is 0.300. The Morgan fingerprint density at radius 2 is 1.46 bits per heavy atom. The van der Waals surface area contributed by atoms with Gasteiger partial charge in [-0.25, -0.2) is 0 Å². The van der Waals surface area contributed by atoms with Crippen LogP contribution in [0.25, 0.3) is 0 Å². The molecule has 0 aromatic heterocycles. The highest BCUT2D eigenvalue weighted by atomic mass is 32.1. The maximum atomic E-state index is 8.76. The number of thiocarbonyl (C=S) groups is 2. The van der Waals surface area contributed by atoms with Gasteiger partial charge in [0, 0.05) is 11.1 Å². The van der Waals surface area contributed by atoms with Crippen molar-refractivity contribution in [3.8, 4) is 0 Å². The Morgan fingerprint density at radius 1 is 0.917 bits per heavy atom. The van der Waals surface area contributed by atoms with Crippen molar-refractivity contribution in [3.63, 3.8) is 0 Å².